The first-order valence-electron chi connectivity index (χ1n) is 11.5. The van der Waals surface area contributed by atoms with Gasteiger partial charge in [-0.25, -0.2) is 9.78 Å². The second kappa shape index (κ2) is 10.0. The highest BCUT2D eigenvalue weighted by molar-refractivity contribution is 5.78. The summed E-state index contributed by atoms with van der Waals surface area (Å²) < 4.78 is 6.87. The van der Waals surface area contributed by atoms with Crippen LogP contribution < -0.4 is 16.0 Å². The summed E-state index contributed by atoms with van der Waals surface area (Å²) in [6.45, 7) is 8.73. The summed E-state index contributed by atoms with van der Waals surface area (Å²) in [7, 11) is 0. The fourth-order valence-corrected chi connectivity index (χ4v) is 3.93. The first-order chi connectivity index (χ1) is 16.0. The summed E-state index contributed by atoms with van der Waals surface area (Å²) in [4.78, 5) is 51.5. The van der Waals surface area contributed by atoms with Crippen molar-refractivity contribution in [1.82, 2.24) is 29.3 Å². The lowest BCUT2D eigenvalue weighted by Crippen LogP contribution is -2.49. The van der Waals surface area contributed by atoms with E-state index in [0.29, 0.717) is 18.1 Å². The fourth-order valence-electron chi connectivity index (χ4n) is 3.93. The number of aromatic nitrogens is 4. The molecule has 0 atom stereocenters. The molecule has 3 heterocycles. The van der Waals surface area contributed by atoms with Crippen LogP contribution in [-0.2, 0) is 11.3 Å². The van der Waals surface area contributed by atoms with E-state index in [1.54, 1.807) is 24.3 Å². The topological polar surface area (TPSA) is 116 Å². The standard InChI is InChI=1S/C23H30N6O4/c1-3-5-10-29-22(31)19-21(26-23(29)32)25-20(24-19)16-6-8-17(9-7-16)33-15-18(30)28-13-11-27(4-2)12-14-28/h6-9H,3-5,10-15H2,1-2H3,(H,24,25)(H,26,32). The number of ether oxygens (including phenoxy) is 1. The number of piperazine rings is 1. The lowest BCUT2D eigenvalue weighted by molar-refractivity contribution is -0.135. The largest absolute Gasteiger partial charge is 0.484 e. The Morgan fingerprint density at radius 2 is 1.79 bits per heavy atom. The molecule has 3 aromatic rings. The van der Waals surface area contributed by atoms with Crippen molar-refractivity contribution in [2.75, 3.05) is 39.3 Å². The number of amides is 1. The van der Waals surface area contributed by atoms with Crippen LogP contribution in [-0.4, -0.2) is 74.6 Å². The molecule has 1 aliphatic heterocycles. The van der Waals surface area contributed by atoms with E-state index in [1.165, 1.54) is 4.57 Å². The van der Waals surface area contributed by atoms with Crippen LogP contribution in [0.15, 0.2) is 33.9 Å². The Labute approximate surface area is 191 Å². The van der Waals surface area contributed by atoms with Gasteiger partial charge in [0.15, 0.2) is 12.3 Å². The molecule has 0 bridgehead atoms. The van der Waals surface area contributed by atoms with Gasteiger partial charge in [-0.2, -0.15) is 0 Å². The zero-order valence-electron chi connectivity index (χ0n) is 19.1. The molecular formula is C23H30N6O4. The number of carbonyl (C=O) groups is 1. The van der Waals surface area contributed by atoms with Crippen LogP contribution in [0.1, 0.15) is 26.7 Å². The Morgan fingerprint density at radius 1 is 1.06 bits per heavy atom. The zero-order valence-corrected chi connectivity index (χ0v) is 19.1. The molecule has 0 spiro atoms. The molecule has 1 saturated heterocycles. The second-order valence-corrected chi connectivity index (χ2v) is 8.18. The number of nitrogens with zero attached hydrogens (tertiary/aromatic N) is 4. The third-order valence-corrected chi connectivity index (χ3v) is 6.03. The molecule has 4 rings (SSSR count). The van der Waals surface area contributed by atoms with Crippen molar-refractivity contribution in [2.24, 2.45) is 0 Å². The first kappa shape index (κ1) is 22.8. The predicted octanol–water partition coefficient (Wildman–Crippen LogP) is 1.42. The van der Waals surface area contributed by atoms with Crippen LogP contribution in [0.4, 0.5) is 0 Å². The van der Waals surface area contributed by atoms with Crippen molar-refractivity contribution in [1.29, 1.82) is 0 Å². The average molecular weight is 455 g/mol. The second-order valence-electron chi connectivity index (χ2n) is 8.18. The van der Waals surface area contributed by atoms with Crippen LogP contribution in [0.3, 0.4) is 0 Å². The van der Waals surface area contributed by atoms with Gasteiger partial charge in [-0.15, -0.1) is 0 Å². The van der Waals surface area contributed by atoms with Crippen molar-refractivity contribution < 1.29 is 9.53 Å². The van der Waals surface area contributed by atoms with Crippen LogP contribution in [0.25, 0.3) is 22.6 Å². The van der Waals surface area contributed by atoms with Gasteiger partial charge >= 0.3 is 5.69 Å². The minimum absolute atomic E-state index is 0.00531. The Bertz CT molecular complexity index is 1220. The summed E-state index contributed by atoms with van der Waals surface area (Å²) in [6.07, 6.45) is 1.63. The molecule has 1 fully saturated rings. The van der Waals surface area contributed by atoms with E-state index in [0.717, 1.165) is 51.1 Å². The number of hydrogen-bond acceptors (Lipinski definition) is 6. The van der Waals surface area contributed by atoms with Gasteiger partial charge in [-0.3, -0.25) is 19.1 Å². The van der Waals surface area contributed by atoms with Crippen molar-refractivity contribution in [2.45, 2.75) is 33.2 Å². The average Bonchev–Trinajstić information content (AvgIpc) is 3.27. The third kappa shape index (κ3) is 5.00. The van der Waals surface area contributed by atoms with Crippen LogP contribution in [0, 0.1) is 0 Å². The molecule has 1 aliphatic rings. The number of rotatable bonds is 8. The number of carbonyl (C=O) groups excluding carboxylic acids is 1. The Balaban J connectivity index is 1.42. The molecule has 0 unspecified atom stereocenters. The maximum absolute atomic E-state index is 12.7. The minimum atomic E-state index is -0.455. The highest BCUT2D eigenvalue weighted by Gasteiger charge is 2.20. The van der Waals surface area contributed by atoms with Gasteiger partial charge in [0, 0.05) is 38.3 Å². The number of nitrogens with one attached hydrogen (secondary N) is 2. The molecule has 1 aromatic carbocycles. The quantitative estimate of drug-likeness (QED) is 0.532. The van der Waals surface area contributed by atoms with Gasteiger partial charge in [0.1, 0.15) is 17.1 Å². The van der Waals surface area contributed by atoms with Crippen LogP contribution >= 0.6 is 0 Å². The van der Waals surface area contributed by atoms with Gasteiger partial charge in [0.05, 0.1) is 0 Å². The fraction of sp³-hybridized carbons (Fsp3) is 0.478. The highest BCUT2D eigenvalue weighted by Crippen LogP contribution is 2.21. The maximum atomic E-state index is 12.7. The molecule has 10 heteroatoms. The van der Waals surface area contributed by atoms with Gasteiger partial charge in [-0.05, 0) is 37.2 Å². The number of imidazole rings is 1. The molecule has 33 heavy (non-hydrogen) atoms. The molecule has 1 amide bonds. The first-order valence-corrected chi connectivity index (χ1v) is 11.5. The van der Waals surface area contributed by atoms with E-state index < -0.39 is 5.69 Å². The van der Waals surface area contributed by atoms with E-state index in [4.69, 9.17) is 4.74 Å². The Hall–Kier alpha value is -3.40. The van der Waals surface area contributed by atoms with E-state index in [1.807, 2.05) is 11.8 Å². The van der Waals surface area contributed by atoms with Crippen molar-refractivity contribution in [3.63, 3.8) is 0 Å². The minimum Gasteiger partial charge on any atom is -0.484 e. The molecule has 0 saturated carbocycles. The van der Waals surface area contributed by atoms with E-state index in [-0.39, 0.29) is 29.2 Å². The summed E-state index contributed by atoms with van der Waals surface area (Å²) in [6, 6.07) is 7.11. The SMILES string of the molecule is CCCCn1c(=O)[nH]c2nc(-c3ccc(OCC(=O)N4CCN(CC)CC4)cc3)[nH]c2c1=O. The number of unbranched alkanes of at least 4 members (excludes halogenated alkanes) is 1. The molecular weight excluding hydrogens is 424 g/mol. The molecule has 0 aliphatic carbocycles. The lowest BCUT2D eigenvalue weighted by atomic mass is 10.2. The van der Waals surface area contributed by atoms with Gasteiger partial charge in [-0.1, -0.05) is 20.3 Å². The number of benzene rings is 1. The predicted molar refractivity (Wildman–Crippen MR) is 126 cm³/mol. The van der Waals surface area contributed by atoms with Crippen molar-refractivity contribution in [3.8, 4) is 17.1 Å². The van der Waals surface area contributed by atoms with Crippen molar-refractivity contribution in [3.05, 3.63) is 45.1 Å². The molecule has 10 nitrogen and oxygen atoms in total. The molecule has 176 valence electrons. The number of likely N-dealkylation sites (N-methyl/N-ethyl adjacent to an activating group) is 1. The molecule has 2 N–H and O–H groups in total. The van der Waals surface area contributed by atoms with E-state index >= 15 is 0 Å². The van der Waals surface area contributed by atoms with E-state index in [2.05, 4.69) is 26.8 Å². The molecule has 2 aromatic heterocycles. The van der Waals surface area contributed by atoms with Crippen LogP contribution in [0.5, 0.6) is 5.75 Å². The highest BCUT2D eigenvalue weighted by atomic mass is 16.5. The van der Waals surface area contributed by atoms with Crippen LogP contribution in [0.2, 0.25) is 0 Å². The summed E-state index contributed by atoms with van der Waals surface area (Å²) in [5.74, 6) is 1.03. The number of aromatic amines is 2. The summed E-state index contributed by atoms with van der Waals surface area (Å²) >= 11 is 0. The normalized spacial score (nSPS) is 14.7. The Kier molecular flexibility index (Phi) is 6.93. The van der Waals surface area contributed by atoms with Gasteiger partial charge < -0.3 is 19.5 Å². The smallest absolute Gasteiger partial charge is 0.330 e. The lowest BCUT2D eigenvalue weighted by Gasteiger charge is -2.33. The van der Waals surface area contributed by atoms with Gasteiger partial charge in [0.25, 0.3) is 11.5 Å². The van der Waals surface area contributed by atoms with Crippen molar-refractivity contribution >= 4 is 17.1 Å². The number of fused-ring (bicyclic) bond motifs is 1. The summed E-state index contributed by atoms with van der Waals surface area (Å²) in [5, 5.41) is 0. The Morgan fingerprint density at radius 3 is 2.45 bits per heavy atom. The number of hydrogen-bond donors (Lipinski definition) is 2. The zero-order chi connectivity index (χ0) is 23.4. The maximum Gasteiger partial charge on any atom is 0.330 e. The summed E-state index contributed by atoms with van der Waals surface area (Å²) in [5.41, 5.74) is 0.417. The monoisotopic (exact) mass is 454 g/mol. The number of H-pyrrole nitrogens is 2. The molecule has 0 radical (unpaired) electrons. The third-order valence-electron chi connectivity index (χ3n) is 6.03. The van der Waals surface area contributed by atoms with E-state index in [9.17, 15) is 14.4 Å². The van der Waals surface area contributed by atoms with Gasteiger partial charge in [0.2, 0.25) is 0 Å².